The van der Waals surface area contributed by atoms with Gasteiger partial charge in [-0.05, 0) is 19.1 Å². The van der Waals surface area contributed by atoms with Crippen LogP contribution in [0.3, 0.4) is 0 Å². The van der Waals surface area contributed by atoms with Crippen molar-refractivity contribution in [3.63, 3.8) is 0 Å². The van der Waals surface area contributed by atoms with Gasteiger partial charge in [-0.2, -0.15) is 0 Å². The van der Waals surface area contributed by atoms with Crippen molar-refractivity contribution >= 4 is 29.0 Å². The van der Waals surface area contributed by atoms with Gasteiger partial charge in [0.2, 0.25) is 0 Å². The highest BCUT2D eigenvalue weighted by Crippen LogP contribution is 2.33. The summed E-state index contributed by atoms with van der Waals surface area (Å²) in [4.78, 5) is 13.5. The SMILES string of the molecule is CC(Oc1c(Cl)cccc1Cl)C(=O)C=CN(C)C. The Balaban J connectivity index is 2.76. The van der Waals surface area contributed by atoms with Crippen LogP contribution in [-0.4, -0.2) is 30.9 Å². The molecule has 0 aliphatic heterocycles. The monoisotopic (exact) mass is 287 g/mol. The summed E-state index contributed by atoms with van der Waals surface area (Å²) in [6.45, 7) is 1.65. The van der Waals surface area contributed by atoms with E-state index >= 15 is 0 Å². The molecule has 1 unspecified atom stereocenters. The third-order valence-electron chi connectivity index (χ3n) is 2.15. The van der Waals surface area contributed by atoms with Gasteiger partial charge in [0.15, 0.2) is 17.6 Å². The van der Waals surface area contributed by atoms with Crippen LogP contribution in [0.5, 0.6) is 5.75 Å². The van der Waals surface area contributed by atoms with Crippen LogP contribution in [0.2, 0.25) is 10.0 Å². The second kappa shape index (κ2) is 6.66. The Morgan fingerprint density at radius 1 is 1.33 bits per heavy atom. The summed E-state index contributed by atoms with van der Waals surface area (Å²) in [5.41, 5.74) is 0. The quantitative estimate of drug-likeness (QED) is 0.778. The number of hydrogen-bond acceptors (Lipinski definition) is 3. The Morgan fingerprint density at radius 2 is 1.89 bits per heavy atom. The molecule has 1 rings (SSSR count). The van der Waals surface area contributed by atoms with Gasteiger partial charge in [-0.3, -0.25) is 4.79 Å². The summed E-state index contributed by atoms with van der Waals surface area (Å²) in [6, 6.07) is 5.04. The van der Waals surface area contributed by atoms with Crippen LogP contribution >= 0.6 is 23.2 Å². The molecule has 0 N–H and O–H groups in total. The first kappa shape index (κ1) is 14.9. The highest BCUT2D eigenvalue weighted by molar-refractivity contribution is 6.37. The van der Waals surface area contributed by atoms with Gasteiger partial charge in [0.1, 0.15) is 0 Å². The molecule has 1 atom stereocenters. The maximum atomic E-state index is 11.7. The predicted molar refractivity (Wildman–Crippen MR) is 74.4 cm³/mol. The average Bonchev–Trinajstić information content (AvgIpc) is 2.30. The Bertz CT molecular complexity index is 438. The van der Waals surface area contributed by atoms with Crippen LogP contribution in [0, 0.1) is 0 Å². The Kier molecular flexibility index (Phi) is 5.51. The second-order valence-electron chi connectivity index (χ2n) is 3.99. The molecule has 3 nitrogen and oxygen atoms in total. The highest BCUT2D eigenvalue weighted by Gasteiger charge is 2.15. The largest absolute Gasteiger partial charge is 0.479 e. The summed E-state index contributed by atoms with van der Waals surface area (Å²) in [7, 11) is 3.67. The van der Waals surface area contributed by atoms with E-state index in [0.717, 1.165) is 0 Å². The van der Waals surface area contributed by atoms with Gasteiger partial charge in [0.25, 0.3) is 0 Å². The zero-order valence-electron chi connectivity index (χ0n) is 10.5. The van der Waals surface area contributed by atoms with E-state index in [1.54, 1.807) is 36.2 Å². The number of rotatable bonds is 5. The number of para-hydroxylation sites is 1. The Hall–Kier alpha value is -1.19. The van der Waals surface area contributed by atoms with Crippen molar-refractivity contribution in [3.8, 4) is 5.75 Å². The van der Waals surface area contributed by atoms with Gasteiger partial charge in [0.05, 0.1) is 10.0 Å². The maximum absolute atomic E-state index is 11.7. The van der Waals surface area contributed by atoms with Crippen LogP contribution in [0.1, 0.15) is 6.92 Å². The zero-order chi connectivity index (χ0) is 13.7. The molecule has 0 aromatic heterocycles. The number of benzene rings is 1. The van der Waals surface area contributed by atoms with Crippen molar-refractivity contribution in [2.45, 2.75) is 13.0 Å². The lowest BCUT2D eigenvalue weighted by molar-refractivity contribution is -0.120. The average molecular weight is 288 g/mol. The van der Waals surface area contributed by atoms with Crippen molar-refractivity contribution in [2.75, 3.05) is 14.1 Å². The Morgan fingerprint density at radius 3 is 2.39 bits per heavy atom. The van der Waals surface area contributed by atoms with Gasteiger partial charge in [0, 0.05) is 26.4 Å². The molecule has 1 aromatic rings. The summed E-state index contributed by atoms with van der Waals surface area (Å²) in [5.74, 6) is 0.180. The van der Waals surface area contributed by atoms with Crippen LogP contribution in [0.25, 0.3) is 0 Å². The normalized spacial score (nSPS) is 12.5. The van der Waals surface area contributed by atoms with E-state index in [2.05, 4.69) is 0 Å². The molecule has 0 spiro atoms. The minimum Gasteiger partial charge on any atom is -0.479 e. The molecule has 0 amide bonds. The molecule has 0 aliphatic carbocycles. The molecule has 0 heterocycles. The summed E-state index contributed by atoms with van der Waals surface area (Å²) < 4.78 is 5.49. The third-order valence-corrected chi connectivity index (χ3v) is 2.75. The molecule has 0 saturated carbocycles. The van der Waals surface area contributed by atoms with E-state index in [9.17, 15) is 4.79 Å². The number of ether oxygens (including phenoxy) is 1. The summed E-state index contributed by atoms with van der Waals surface area (Å²) in [5, 5.41) is 0.775. The molecule has 0 aliphatic rings. The van der Waals surface area contributed by atoms with Crippen LogP contribution in [-0.2, 0) is 4.79 Å². The zero-order valence-corrected chi connectivity index (χ0v) is 12.0. The smallest absolute Gasteiger partial charge is 0.197 e. The number of hydrogen-bond donors (Lipinski definition) is 0. The number of carbonyl (C=O) groups excluding carboxylic acids is 1. The fourth-order valence-electron chi connectivity index (χ4n) is 1.19. The van der Waals surface area contributed by atoms with Crippen LogP contribution < -0.4 is 4.74 Å². The molecule has 0 radical (unpaired) electrons. The summed E-state index contributed by atoms with van der Waals surface area (Å²) >= 11 is 11.9. The first-order valence-corrected chi connectivity index (χ1v) is 6.16. The maximum Gasteiger partial charge on any atom is 0.197 e. The van der Waals surface area contributed by atoms with E-state index in [1.807, 2.05) is 14.1 Å². The van der Waals surface area contributed by atoms with Gasteiger partial charge in [-0.15, -0.1) is 0 Å². The fraction of sp³-hybridized carbons (Fsp3) is 0.308. The van der Waals surface area contributed by atoms with Gasteiger partial charge >= 0.3 is 0 Å². The van der Waals surface area contributed by atoms with E-state index in [0.29, 0.717) is 15.8 Å². The van der Waals surface area contributed by atoms with Crippen LogP contribution in [0.15, 0.2) is 30.5 Å². The van der Waals surface area contributed by atoms with E-state index < -0.39 is 6.10 Å². The number of ketones is 1. The molecule has 0 fully saturated rings. The molecule has 0 bridgehead atoms. The van der Waals surface area contributed by atoms with Gasteiger partial charge < -0.3 is 9.64 Å². The second-order valence-corrected chi connectivity index (χ2v) is 4.81. The Labute approximate surface area is 117 Å². The molecule has 5 heteroatoms. The minimum absolute atomic E-state index is 0.153. The van der Waals surface area contributed by atoms with Crippen molar-refractivity contribution in [3.05, 3.63) is 40.5 Å². The van der Waals surface area contributed by atoms with Gasteiger partial charge in [-0.25, -0.2) is 0 Å². The van der Waals surface area contributed by atoms with E-state index in [-0.39, 0.29) is 5.78 Å². The van der Waals surface area contributed by atoms with E-state index in [1.165, 1.54) is 6.08 Å². The third kappa shape index (κ3) is 4.24. The number of halogens is 2. The van der Waals surface area contributed by atoms with Crippen LogP contribution in [0.4, 0.5) is 0 Å². The summed E-state index contributed by atoms with van der Waals surface area (Å²) in [6.07, 6.45) is 2.48. The first-order chi connectivity index (χ1) is 8.41. The molecule has 1 aromatic carbocycles. The molecule has 98 valence electrons. The molecular weight excluding hydrogens is 273 g/mol. The van der Waals surface area contributed by atoms with Gasteiger partial charge in [-0.1, -0.05) is 29.3 Å². The van der Waals surface area contributed by atoms with Crippen molar-refractivity contribution < 1.29 is 9.53 Å². The van der Waals surface area contributed by atoms with E-state index in [4.69, 9.17) is 27.9 Å². The number of nitrogens with zero attached hydrogens (tertiary/aromatic N) is 1. The highest BCUT2D eigenvalue weighted by atomic mass is 35.5. The number of carbonyl (C=O) groups is 1. The van der Waals surface area contributed by atoms with Crippen molar-refractivity contribution in [1.82, 2.24) is 4.90 Å². The topological polar surface area (TPSA) is 29.5 Å². The lowest BCUT2D eigenvalue weighted by atomic mass is 10.2. The lowest BCUT2D eigenvalue weighted by Gasteiger charge is -2.14. The van der Waals surface area contributed by atoms with Crippen molar-refractivity contribution in [2.24, 2.45) is 0 Å². The fourth-order valence-corrected chi connectivity index (χ4v) is 1.67. The van der Waals surface area contributed by atoms with Crippen molar-refractivity contribution in [1.29, 1.82) is 0 Å². The predicted octanol–water partition coefficient (Wildman–Crippen LogP) is 3.41. The molecule has 18 heavy (non-hydrogen) atoms. The standard InChI is InChI=1S/C13H15Cl2NO2/c1-9(12(17)7-8-16(2)3)18-13-10(14)5-4-6-11(13)15/h4-9H,1-3H3. The molecule has 0 saturated heterocycles. The lowest BCUT2D eigenvalue weighted by Crippen LogP contribution is -2.22. The molecular formula is C13H15Cl2NO2. The minimum atomic E-state index is -0.640. The first-order valence-electron chi connectivity index (χ1n) is 5.41.